The van der Waals surface area contributed by atoms with Crippen LogP contribution in [-0.2, 0) is 0 Å². The summed E-state index contributed by atoms with van der Waals surface area (Å²) in [4.78, 5) is 16.9. The smallest absolute Gasteiger partial charge is 0.255 e. The van der Waals surface area contributed by atoms with Gasteiger partial charge in [-0.05, 0) is 43.3 Å². The number of aromatic nitrogens is 1. The molecule has 3 aromatic rings. The van der Waals surface area contributed by atoms with Crippen LogP contribution in [0.1, 0.15) is 16.1 Å². The molecule has 120 valence electrons. The standard InChI is InChI=1S/C20H18N2O2/c1-3-11-24-18-6-4-5-17(13-18)22-20(23)16-9-10-19-15(12-16)8-7-14(2)21-19/h3-10,12-13H,1,11H2,2H3,(H,22,23). The number of pyridine rings is 1. The second-order valence-electron chi connectivity index (χ2n) is 5.44. The Kier molecular flexibility index (Phi) is 4.57. The Morgan fingerprint density at radius 1 is 1.21 bits per heavy atom. The number of nitrogens with one attached hydrogen (secondary N) is 1. The van der Waals surface area contributed by atoms with Crippen LogP contribution >= 0.6 is 0 Å². The summed E-state index contributed by atoms with van der Waals surface area (Å²) >= 11 is 0. The number of rotatable bonds is 5. The van der Waals surface area contributed by atoms with Crippen LogP contribution in [-0.4, -0.2) is 17.5 Å². The van der Waals surface area contributed by atoms with Gasteiger partial charge in [-0.15, -0.1) is 0 Å². The average molecular weight is 318 g/mol. The van der Waals surface area contributed by atoms with E-state index in [9.17, 15) is 4.79 Å². The Morgan fingerprint density at radius 2 is 2.08 bits per heavy atom. The van der Waals surface area contributed by atoms with Gasteiger partial charge in [0.05, 0.1) is 5.52 Å². The number of nitrogens with zero attached hydrogens (tertiary/aromatic N) is 1. The van der Waals surface area contributed by atoms with E-state index in [2.05, 4.69) is 16.9 Å². The summed E-state index contributed by atoms with van der Waals surface area (Å²) in [5, 5.41) is 3.83. The number of hydrogen-bond donors (Lipinski definition) is 1. The molecular formula is C20H18N2O2. The van der Waals surface area contributed by atoms with Gasteiger partial charge in [0.2, 0.25) is 0 Å². The van der Waals surface area contributed by atoms with Crippen LogP contribution in [0.5, 0.6) is 5.75 Å². The van der Waals surface area contributed by atoms with Crippen molar-refractivity contribution < 1.29 is 9.53 Å². The Hall–Kier alpha value is -3.14. The van der Waals surface area contributed by atoms with E-state index in [0.29, 0.717) is 23.6 Å². The Balaban J connectivity index is 1.79. The first kappa shape index (κ1) is 15.7. The number of ether oxygens (including phenoxy) is 1. The maximum Gasteiger partial charge on any atom is 0.255 e. The first-order valence-corrected chi connectivity index (χ1v) is 7.68. The molecule has 0 saturated heterocycles. The summed E-state index contributed by atoms with van der Waals surface area (Å²) in [5.41, 5.74) is 3.11. The van der Waals surface area contributed by atoms with Crippen molar-refractivity contribution in [3.8, 4) is 5.75 Å². The molecule has 4 nitrogen and oxygen atoms in total. The number of anilines is 1. The minimum absolute atomic E-state index is 0.168. The van der Waals surface area contributed by atoms with Gasteiger partial charge < -0.3 is 10.1 Å². The topological polar surface area (TPSA) is 51.2 Å². The summed E-state index contributed by atoms with van der Waals surface area (Å²) in [7, 11) is 0. The number of carbonyl (C=O) groups is 1. The van der Waals surface area contributed by atoms with Gasteiger partial charge in [-0.2, -0.15) is 0 Å². The van der Waals surface area contributed by atoms with Gasteiger partial charge in [0, 0.05) is 28.4 Å². The Bertz CT molecular complexity index is 903. The predicted octanol–water partition coefficient (Wildman–Crippen LogP) is 4.36. The van der Waals surface area contributed by atoms with Crippen LogP contribution in [0.25, 0.3) is 10.9 Å². The third-order valence-corrected chi connectivity index (χ3v) is 3.55. The highest BCUT2D eigenvalue weighted by molar-refractivity contribution is 6.06. The van der Waals surface area contributed by atoms with Crippen LogP contribution < -0.4 is 10.1 Å². The summed E-state index contributed by atoms with van der Waals surface area (Å²) in [6, 6.07) is 16.7. The number of amides is 1. The molecular weight excluding hydrogens is 300 g/mol. The average Bonchev–Trinajstić information content (AvgIpc) is 2.59. The lowest BCUT2D eigenvalue weighted by molar-refractivity contribution is 0.102. The molecule has 2 aromatic carbocycles. The molecule has 0 unspecified atom stereocenters. The molecule has 1 amide bonds. The highest BCUT2D eigenvalue weighted by Gasteiger charge is 2.08. The van der Waals surface area contributed by atoms with E-state index in [1.807, 2.05) is 49.4 Å². The van der Waals surface area contributed by atoms with Gasteiger partial charge in [0.25, 0.3) is 5.91 Å². The minimum atomic E-state index is -0.168. The molecule has 0 aliphatic rings. The van der Waals surface area contributed by atoms with E-state index in [-0.39, 0.29) is 5.91 Å². The van der Waals surface area contributed by atoms with Crippen molar-refractivity contribution in [2.24, 2.45) is 0 Å². The number of fused-ring (bicyclic) bond motifs is 1. The fraction of sp³-hybridized carbons (Fsp3) is 0.100. The lowest BCUT2D eigenvalue weighted by atomic mass is 10.1. The van der Waals surface area contributed by atoms with Crippen molar-refractivity contribution in [3.63, 3.8) is 0 Å². The van der Waals surface area contributed by atoms with E-state index >= 15 is 0 Å². The first-order valence-electron chi connectivity index (χ1n) is 7.68. The Morgan fingerprint density at radius 3 is 2.92 bits per heavy atom. The van der Waals surface area contributed by atoms with E-state index in [4.69, 9.17) is 4.74 Å². The summed E-state index contributed by atoms with van der Waals surface area (Å²) in [6.45, 7) is 5.99. The van der Waals surface area contributed by atoms with Gasteiger partial charge in [-0.3, -0.25) is 9.78 Å². The van der Waals surface area contributed by atoms with Gasteiger partial charge in [0.15, 0.2) is 0 Å². The molecule has 4 heteroatoms. The van der Waals surface area contributed by atoms with Gasteiger partial charge in [-0.1, -0.05) is 24.8 Å². The number of hydrogen-bond acceptors (Lipinski definition) is 3. The third-order valence-electron chi connectivity index (χ3n) is 3.55. The molecule has 1 heterocycles. The van der Waals surface area contributed by atoms with Crippen molar-refractivity contribution in [2.45, 2.75) is 6.92 Å². The zero-order valence-corrected chi connectivity index (χ0v) is 13.5. The highest BCUT2D eigenvalue weighted by Crippen LogP contribution is 2.19. The molecule has 0 saturated carbocycles. The fourth-order valence-corrected chi connectivity index (χ4v) is 2.39. The molecule has 0 bridgehead atoms. The second-order valence-corrected chi connectivity index (χ2v) is 5.44. The quantitative estimate of drug-likeness (QED) is 0.711. The van der Waals surface area contributed by atoms with E-state index in [1.54, 1.807) is 18.2 Å². The fourth-order valence-electron chi connectivity index (χ4n) is 2.39. The maximum absolute atomic E-state index is 12.5. The summed E-state index contributed by atoms with van der Waals surface area (Å²) < 4.78 is 5.47. The molecule has 0 aliphatic carbocycles. The molecule has 0 radical (unpaired) electrons. The normalized spacial score (nSPS) is 10.4. The van der Waals surface area contributed by atoms with E-state index in [1.165, 1.54) is 0 Å². The zero-order valence-electron chi connectivity index (χ0n) is 13.5. The predicted molar refractivity (Wildman–Crippen MR) is 96.6 cm³/mol. The molecule has 0 atom stereocenters. The molecule has 1 N–H and O–H groups in total. The van der Waals surface area contributed by atoms with Crippen LogP contribution in [0.4, 0.5) is 5.69 Å². The molecule has 3 rings (SSSR count). The number of carbonyl (C=O) groups excluding carboxylic acids is 1. The SMILES string of the molecule is C=CCOc1cccc(NC(=O)c2ccc3nc(C)ccc3c2)c1. The van der Waals surface area contributed by atoms with Crippen LogP contribution in [0, 0.1) is 6.92 Å². The Labute approximate surface area is 140 Å². The second kappa shape index (κ2) is 6.96. The van der Waals surface area contributed by atoms with E-state index < -0.39 is 0 Å². The highest BCUT2D eigenvalue weighted by atomic mass is 16.5. The van der Waals surface area contributed by atoms with Crippen LogP contribution in [0.2, 0.25) is 0 Å². The van der Waals surface area contributed by atoms with Crippen molar-refractivity contribution in [1.29, 1.82) is 0 Å². The molecule has 24 heavy (non-hydrogen) atoms. The van der Waals surface area contributed by atoms with Crippen molar-refractivity contribution >= 4 is 22.5 Å². The van der Waals surface area contributed by atoms with Crippen molar-refractivity contribution in [1.82, 2.24) is 4.98 Å². The number of benzene rings is 2. The first-order chi connectivity index (χ1) is 11.7. The molecule has 0 fully saturated rings. The zero-order chi connectivity index (χ0) is 16.9. The third kappa shape index (κ3) is 3.60. The van der Waals surface area contributed by atoms with Gasteiger partial charge >= 0.3 is 0 Å². The lowest BCUT2D eigenvalue weighted by Gasteiger charge is -2.09. The monoisotopic (exact) mass is 318 g/mol. The van der Waals surface area contributed by atoms with Gasteiger partial charge in [-0.25, -0.2) is 0 Å². The summed E-state index contributed by atoms with van der Waals surface area (Å²) in [5.74, 6) is 0.518. The maximum atomic E-state index is 12.5. The van der Waals surface area contributed by atoms with E-state index in [0.717, 1.165) is 16.6 Å². The molecule has 1 aromatic heterocycles. The van der Waals surface area contributed by atoms with Crippen LogP contribution in [0.3, 0.4) is 0 Å². The largest absolute Gasteiger partial charge is 0.489 e. The minimum Gasteiger partial charge on any atom is -0.489 e. The number of aryl methyl sites for hydroxylation is 1. The van der Waals surface area contributed by atoms with Crippen LogP contribution in [0.15, 0.2) is 67.3 Å². The van der Waals surface area contributed by atoms with Crippen molar-refractivity contribution in [2.75, 3.05) is 11.9 Å². The lowest BCUT2D eigenvalue weighted by Crippen LogP contribution is -2.11. The molecule has 0 spiro atoms. The van der Waals surface area contributed by atoms with Gasteiger partial charge in [0.1, 0.15) is 12.4 Å². The molecule has 0 aliphatic heterocycles. The summed E-state index contributed by atoms with van der Waals surface area (Å²) in [6.07, 6.45) is 1.68. The van der Waals surface area contributed by atoms with Crippen molar-refractivity contribution in [3.05, 3.63) is 78.5 Å².